The Morgan fingerprint density at radius 3 is 2.56 bits per heavy atom. The molecule has 0 saturated carbocycles. The van der Waals surface area contributed by atoms with Gasteiger partial charge in [0.1, 0.15) is 18.1 Å². The molecule has 2 heterocycles. The number of nitrogens with zero attached hydrogens (tertiary/aromatic N) is 1. The minimum absolute atomic E-state index is 0.0179. The number of amides is 3. The predicted octanol–water partition coefficient (Wildman–Crippen LogP) is 0.121. The number of para-hydroxylation sites is 1. The highest BCUT2D eigenvalue weighted by atomic mass is 16.4. The van der Waals surface area contributed by atoms with Crippen LogP contribution < -0.4 is 16.4 Å². The first-order chi connectivity index (χ1) is 17.1. The number of hydrogen-bond acceptors (Lipinski definition) is 6. The normalized spacial score (nSPS) is 18.1. The van der Waals surface area contributed by atoms with Crippen LogP contribution in [0.4, 0.5) is 0 Å². The van der Waals surface area contributed by atoms with Crippen LogP contribution in [-0.2, 0) is 25.6 Å². The number of likely N-dealkylation sites (tertiary alicyclic amines) is 1. The molecule has 2 aromatic rings. The summed E-state index contributed by atoms with van der Waals surface area (Å²) in [6, 6.07) is 3.62. The summed E-state index contributed by atoms with van der Waals surface area (Å²) >= 11 is 0. The molecule has 0 radical (unpaired) electrons. The van der Waals surface area contributed by atoms with Crippen LogP contribution in [0.1, 0.15) is 38.7 Å². The fourth-order valence-corrected chi connectivity index (χ4v) is 4.57. The second-order valence-corrected chi connectivity index (χ2v) is 9.63. The first-order valence-electron chi connectivity index (χ1n) is 12.2. The van der Waals surface area contributed by atoms with Gasteiger partial charge in [0.2, 0.25) is 17.7 Å². The summed E-state index contributed by atoms with van der Waals surface area (Å²) in [4.78, 5) is 54.9. The zero-order valence-corrected chi connectivity index (χ0v) is 20.6. The van der Waals surface area contributed by atoms with Gasteiger partial charge in [-0.25, -0.2) is 4.79 Å². The van der Waals surface area contributed by atoms with Crippen molar-refractivity contribution in [3.63, 3.8) is 0 Å². The van der Waals surface area contributed by atoms with E-state index >= 15 is 0 Å². The zero-order chi connectivity index (χ0) is 26.4. The Morgan fingerprint density at radius 2 is 1.89 bits per heavy atom. The first kappa shape index (κ1) is 27.2. The number of rotatable bonds is 11. The number of hydrogen-bond donors (Lipinski definition) is 6. The molecule has 1 aromatic heterocycles. The van der Waals surface area contributed by atoms with Crippen molar-refractivity contribution < 1.29 is 29.4 Å². The average Bonchev–Trinajstić information content (AvgIpc) is 3.48. The number of carboxylic acid groups (broad SMARTS) is 1. The number of nitrogens with two attached hydrogens (primary N) is 1. The van der Waals surface area contributed by atoms with E-state index in [9.17, 15) is 24.3 Å². The van der Waals surface area contributed by atoms with E-state index in [4.69, 9.17) is 10.8 Å². The zero-order valence-electron chi connectivity index (χ0n) is 20.6. The number of nitrogens with one attached hydrogen (secondary N) is 3. The number of aliphatic hydroxyl groups excluding tert-OH is 1. The number of benzene rings is 1. The largest absolute Gasteiger partial charge is 0.480 e. The number of carbonyl (C=O) groups excluding carboxylic acids is 3. The number of aliphatic carboxylic acids is 1. The molecule has 0 bridgehead atoms. The Kier molecular flexibility index (Phi) is 9.05. The quantitative estimate of drug-likeness (QED) is 0.253. The second-order valence-electron chi connectivity index (χ2n) is 9.63. The molecule has 1 aliphatic heterocycles. The molecular weight excluding hydrogens is 466 g/mol. The predicted molar refractivity (Wildman–Crippen MR) is 133 cm³/mol. The summed E-state index contributed by atoms with van der Waals surface area (Å²) in [5, 5.41) is 24.3. The second kappa shape index (κ2) is 12.0. The monoisotopic (exact) mass is 501 g/mol. The van der Waals surface area contributed by atoms with Crippen LogP contribution in [0, 0.1) is 5.92 Å². The van der Waals surface area contributed by atoms with Gasteiger partial charge in [-0.2, -0.15) is 0 Å². The Bertz CT molecular complexity index is 1100. The summed E-state index contributed by atoms with van der Waals surface area (Å²) in [6.07, 6.45) is 3.45. The lowest BCUT2D eigenvalue weighted by Gasteiger charge is -2.29. The van der Waals surface area contributed by atoms with Crippen LogP contribution in [0.15, 0.2) is 30.5 Å². The first-order valence-corrected chi connectivity index (χ1v) is 12.2. The summed E-state index contributed by atoms with van der Waals surface area (Å²) in [5.41, 5.74) is 8.14. The lowest BCUT2D eigenvalue weighted by molar-refractivity contribution is -0.144. The average molecular weight is 502 g/mol. The molecule has 196 valence electrons. The third-order valence-corrected chi connectivity index (χ3v) is 6.41. The van der Waals surface area contributed by atoms with Crippen LogP contribution in [0.5, 0.6) is 0 Å². The van der Waals surface area contributed by atoms with Crippen molar-refractivity contribution >= 4 is 34.6 Å². The van der Waals surface area contributed by atoms with Gasteiger partial charge in [-0.1, -0.05) is 32.0 Å². The molecule has 7 N–H and O–H groups in total. The van der Waals surface area contributed by atoms with E-state index < -0.39 is 48.6 Å². The molecule has 4 atom stereocenters. The maximum Gasteiger partial charge on any atom is 0.328 e. The highest BCUT2D eigenvalue weighted by molar-refractivity contribution is 5.94. The van der Waals surface area contributed by atoms with Gasteiger partial charge in [0.15, 0.2) is 0 Å². The Labute approximate surface area is 209 Å². The SMILES string of the molecule is CC(C)CC(NC(=O)C1CCCN1C(=O)C(N)Cc1c[nH]c2ccccc12)C(=O)NC(CO)C(=O)O. The van der Waals surface area contributed by atoms with Crippen molar-refractivity contribution in [3.05, 3.63) is 36.0 Å². The molecule has 11 heteroatoms. The maximum absolute atomic E-state index is 13.2. The number of aromatic nitrogens is 1. The highest BCUT2D eigenvalue weighted by Crippen LogP contribution is 2.22. The third-order valence-electron chi connectivity index (χ3n) is 6.41. The Balaban J connectivity index is 1.67. The summed E-state index contributed by atoms with van der Waals surface area (Å²) in [5.74, 6) is -2.89. The van der Waals surface area contributed by atoms with E-state index in [0.29, 0.717) is 25.8 Å². The summed E-state index contributed by atoms with van der Waals surface area (Å²) in [7, 11) is 0. The molecule has 1 aliphatic rings. The molecule has 4 unspecified atom stereocenters. The van der Waals surface area contributed by atoms with Gasteiger partial charge in [0.25, 0.3) is 0 Å². The van der Waals surface area contributed by atoms with Gasteiger partial charge in [-0.15, -0.1) is 0 Å². The summed E-state index contributed by atoms with van der Waals surface area (Å²) in [6.45, 7) is 3.33. The van der Waals surface area contributed by atoms with Gasteiger partial charge in [-0.05, 0) is 43.2 Å². The third kappa shape index (κ3) is 6.41. The number of H-pyrrole nitrogens is 1. The molecule has 11 nitrogen and oxygen atoms in total. The topological polar surface area (TPSA) is 178 Å². The van der Waals surface area contributed by atoms with Crippen molar-refractivity contribution in [1.29, 1.82) is 0 Å². The van der Waals surface area contributed by atoms with E-state index in [2.05, 4.69) is 15.6 Å². The number of aromatic amines is 1. The summed E-state index contributed by atoms with van der Waals surface area (Å²) < 4.78 is 0. The highest BCUT2D eigenvalue weighted by Gasteiger charge is 2.38. The van der Waals surface area contributed by atoms with Crippen LogP contribution in [0.2, 0.25) is 0 Å². The maximum atomic E-state index is 13.2. The number of aliphatic hydroxyl groups is 1. The Morgan fingerprint density at radius 1 is 1.17 bits per heavy atom. The molecule has 3 amide bonds. The number of carbonyl (C=O) groups is 4. The fraction of sp³-hybridized carbons (Fsp3) is 0.520. The van der Waals surface area contributed by atoms with Gasteiger partial charge in [0.05, 0.1) is 12.6 Å². The van der Waals surface area contributed by atoms with Gasteiger partial charge in [0, 0.05) is 23.6 Å². The van der Waals surface area contributed by atoms with E-state index in [1.165, 1.54) is 4.90 Å². The molecule has 36 heavy (non-hydrogen) atoms. The van der Waals surface area contributed by atoms with Gasteiger partial charge >= 0.3 is 5.97 Å². The van der Waals surface area contributed by atoms with Crippen LogP contribution >= 0.6 is 0 Å². The minimum Gasteiger partial charge on any atom is -0.480 e. The molecule has 1 saturated heterocycles. The van der Waals surface area contributed by atoms with Crippen molar-refractivity contribution in [2.24, 2.45) is 11.7 Å². The lowest BCUT2D eigenvalue weighted by Crippen LogP contribution is -2.57. The number of carboxylic acids is 1. The van der Waals surface area contributed by atoms with E-state index in [1.807, 2.05) is 44.3 Å². The minimum atomic E-state index is -1.48. The van der Waals surface area contributed by atoms with Crippen molar-refractivity contribution in [3.8, 4) is 0 Å². The van der Waals surface area contributed by atoms with E-state index in [0.717, 1.165) is 16.5 Å². The van der Waals surface area contributed by atoms with E-state index in [1.54, 1.807) is 0 Å². The van der Waals surface area contributed by atoms with Gasteiger partial charge < -0.3 is 36.5 Å². The van der Waals surface area contributed by atoms with E-state index in [-0.39, 0.29) is 18.2 Å². The number of fused-ring (bicyclic) bond motifs is 1. The molecule has 0 spiro atoms. The van der Waals surface area contributed by atoms with Crippen molar-refractivity contribution in [2.75, 3.05) is 13.2 Å². The van der Waals surface area contributed by atoms with Crippen molar-refractivity contribution in [2.45, 2.75) is 63.7 Å². The van der Waals surface area contributed by atoms with Crippen LogP contribution in [-0.4, -0.2) is 81.1 Å². The molecule has 3 rings (SSSR count). The molecule has 0 aliphatic carbocycles. The van der Waals surface area contributed by atoms with Crippen LogP contribution in [0.25, 0.3) is 10.9 Å². The van der Waals surface area contributed by atoms with Crippen LogP contribution in [0.3, 0.4) is 0 Å². The lowest BCUT2D eigenvalue weighted by atomic mass is 10.0. The molecular formula is C25H35N5O6. The fourth-order valence-electron chi connectivity index (χ4n) is 4.57. The standard InChI is InChI=1S/C25H35N5O6/c1-14(2)10-19(22(32)29-20(13-31)25(35)36)28-23(33)21-8-5-9-30(21)24(34)17(26)11-15-12-27-18-7-4-3-6-16(15)18/h3-4,6-7,12,14,17,19-21,27,31H,5,8-11,13,26H2,1-2H3,(H,28,33)(H,29,32)(H,35,36). The molecule has 1 aromatic carbocycles. The van der Waals surface area contributed by atoms with Gasteiger partial charge in [-0.3, -0.25) is 14.4 Å². The Hall–Kier alpha value is -3.44. The smallest absolute Gasteiger partial charge is 0.328 e. The molecule has 1 fully saturated rings. The van der Waals surface area contributed by atoms with Crippen molar-refractivity contribution in [1.82, 2.24) is 20.5 Å².